The van der Waals surface area contributed by atoms with Gasteiger partial charge in [-0.05, 0) is 5.92 Å². The van der Waals surface area contributed by atoms with Gasteiger partial charge in [-0.25, -0.2) is 4.98 Å². The summed E-state index contributed by atoms with van der Waals surface area (Å²) in [6, 6.07) is 0. The molecule has 1 saturated heterocycles. The van der Waals surface area contributed by atoms with Crippen molar-refractivity contribution in [2.24, 2.45) is 0 Å². The summed E-state index contributed by atoms with van der Waals surface area (Å²) < 4.78 is 5.36. The van der Waals surface area contributed by atoms with Crippen LogP contribution in [0, 0.1) is 0 Å². The molecule has 0 atom stereocenters. The van der Waals surface area contributed by atoms with E-state index in [0.29, 0.717) is 12.5 Å². The van der Waals surface area contributed by atoms with E-state index in [9.17, 15) is 4.79 Å². The predicted octanol–water partition coefficient (Wildman–Crippen LogP) is 1.88. The van der Waals surface area contributed by atoms with Crippen LogP contribution in [0.15, 0.2) is 5.38 Å². The Bertz CT molecular complexity index is 472. The fourth-order valence-corrected chi connectivity index (χ4v) is 3.35. The third-order valence-electron chi connectivity index (χ3n) is 3.76. The van der Waals surface area contributed by atoms with E-state index in [1.54, 1.807) is 11.3 Å². The number of aromatic nitrogens is 1. The molecule has 0 radical (unpaired) electrons. The van der Waals surface area contributed by atoms with Gasteiger partial charge in [-0.3, -0.25) is 9.69 Å². The summed E-state index contributed by atoms with van der Waals surface area (Å²) in [5.74, 6) is -0.373. The van der Waals surface area contributed by atoms with E-state index in [-0.39, 0.29) is 6.42 Å². The van der Waals surface area contributed by atoms with Gasteiger partial charge in [0, 0.05) is 38.1 Å². The number of rotatable bonds is 8. The van der Waals surface area contributed by atoms with Crippen molar-refractivity contribution in [3.05, 3.63) is 11.1 Å². The Morgan fingerprint density at radius 1 is 1.45 bits per heavy atom. The molecule has 124 valence electrons. The van der Waals surface area contributed by atoms with Gasteiger partial charge < -0.3 is 14.7 Å². The maximum absolute atomic E-state index is 10.9. The second-order valence-corrected chi connectivity index (χ2v) is 6.63. The molecule has 22 heavy (non-hydrogen) atoms. The topological polar surface area (TPSA) is 65.9 Å². The molecular formula is C15H25N3O3S. The minimum absolute atomic E-state index is 0.139. The van der Waals surface area contributed by atoms with Crippen molar-refractivity contribution in [1.29, 1.82) is 0 Å². The zero-order valence-corrected chi connectivity index (χ0v) is 14.1. The second kappa shape index (κ2) is 8.45. The van der Waals surface area contributed by atoms with Crippen LogP contribution in [0.2, 0.25) is 0 Å². The van der Waals surface area contributed by atoms with Gasteiger partial charge in [0.2, 0.25) is 0 Å². The van der Waals surface area contributed by atoms with E-state index in [4.69, 9.17) is 9.84 Å². The average molecular weight is 327 g/mol. The van der Waals surface area contributed by atoms with Crippen LogP contribution in [-0.2, 0) is 9.53 Å². The van der Waals surface area contributed by atoms with Crippen molar-refractivity contribution in [3.63, 3.8) is 0 Å². The van der Waals surface area contributed by atoms with Crippen LogP contribution in [0.3, 0.4) is 0 Å². The van der Waals surface area contributed by atoms with Gasteiger partial charge >= 0.3 is 5.97 Å². The molecule has 1 aliphatic rings. The lowest BCUT2D eigenvalue weighted by Crippen LogP contribution is -2.42. The number of carboxylic acids is 1. The highest BCUT2D eigenvalue weighted by Crippen LogP contribution is 2.25. The van der Waals surface area contributed by atoms with Gasteiger partial charge in [-0.1, -0.05) is 13.8 Å². The van der Waals surface area contributed by atoms with E-state index in [1.807, 2.05) is 0 Å². The average Bonchev–Trinajstić information content (AvgIpc) is 2.98. The number of morpholine rings is 1. The highest BCUT2D eigenvalue weighted by atomic mass is 32.1. The van der Waals surface area contributed by atoms with E-state index in [0.717, 1.165) is 50.2 Å². The number of hydrogen-bond acceptors (Lipinski definition) is 6. The minimum Gasteiger partial charge on any atom is -0.481 e. The van der Waals surface area contributed by atoms with Crippen LogP contribution in [0.25, 0.3) is 0 Å². The normalized spacial score (nSPS) is 16.1. The van der Waals surface area contributed by atoms with Crippen molar-refractivity contribution in [2.45, 2.75) is 26.2 Å². The fraction of sp³-hybridized carbons (Fsp3) is 0.733. The minimum atomic E-state index is -0.767. The van der Waals surface area contributed by atoms with E-state index in [2.05, 4.69) is 34.0 Å². The lowest BCUT2D eigenvalue weighted by Gasteiger charge is -2.29. The molecule has 6 nitrogen and oxygen atoms in total. The zero-order chi connectivity index (χ0) is 15.9. The third-order valence-corrected chi connectivity index (χ3v) is 4.68. The van der Waals surface area contributed by atoms with Gasteiger partial charge in [0.05, 0.1) is 25.3 Å². The summed E-state index contributed by atoms with van der Waals surface area (Å²) in [5.41, 5.74) is 1.08. The molecule has 2 heterocycles. The molecule has 1 fully saturated rings. The molecule has 1 aromatic heterocycles. The number of carbonyl (C=O) groups is 1. The fourth-order valence-electron chi connectivity index (χ4n) is 2.31. The van der Waals surface area contributed by atoms with Crippen molar-refractivity contribution < 1.29 is 14.6 Å². The quantitative estimate of drug-likeness (QED) is 0.786. The summed E-state index contributed by atoms with van der Waals surface area (Å²) in [6.45, 7) is 9.92. The van der Waals surface area contributed by atoms with Gasteiger partial charge in [0.1, 0.15) is 0 Å². The molecule has 0 aliphatic carbocycles. The Labute approximate surface area is 135 Å². The first kappa shape index (κ1) is 17.2. The maximum Gasteiger partial charge on any atom is 0.305 e. The van der Waals surface area contributed by atoms with Crippen molar-refractivity contribution in [1.82, 2.24) is 9.88 Å². The lowest BCUT2D eigenvalue weighted by atomic mass is 10.2. The number of aliphatic carboxylic acids is 1. The monoisotopic (exact) mass is 327 g/mol. The van der Waals surface area contributed by atoms with Gasteiger partial charge in [0.15, 0.2) is 5.13 Å². The number of carboxylic acid groups (broad SMARTS) is 1. The largest absolute Gasteiger partial charge is 0.481 e. The standard InChI is InChI=1S/C15H25N3O3S/c1-12(2)13-11-22-15(16-13)18(4-3-14(19)20)6-5-17-7-9-21-10-8-17/h11-12H,3-10H2,1-2H3,(H,19,20). The molecule has 1 N–H and O–H groups in total. The van der Waals surface area contributed by atoms with Gasteiger partial charge in [-0.15, -0.1) is 11.3 Å². The lowest BCUT2D eigenvalue weighted by molar-refractivity contribution is -0.136. The Hall–Kier alpha value is -1.18. The molecule has 0 bridgehead atoms. The summed E-state index contributed by atoms with van der Waals surface area (Å²) in [4.78, 5) is 20.0. The molecule has 0 amide bonds. The summed E-state index contributed by atoms with van der Waals surface area (Å²) in [5, 5.41) is 11.9. The second-order valence-electron chi connectivity index (χ2n) is 5.79. The van der Waals surface area contributed by atoms with E-state index in [1.165, 1.54) is 0 Å². The number of nitrogens with zero attached hydrogens (tertiary/aromatic N) is 3. The third kappa shape index (κ3) is 5.23. The molecule has 2 rings (SSSR count). The smallest absolute Gasteiger partial charge is 0.305 e. The Balaban J connectivity index is 1.95. The summed E-state index contributed by atoms with van der Waals surface area (Å²) in [6.07, 6.45) is 0.139. The first-order valence-electron chi connectivity index (χ1n) is 7.78. The Morgan fingerprint density at radius 2 is 2.18 bits per heavy atom. The molecule has 0 saturated carbocycles. The van der Waals surface area contributed by atoms with Gasteiger partial charge in [0.25, 0.3) is 0 Å². The highest BCUT2D eigenvalue weighted by molar-refractivity contribution is 7.13. The van der Waals surface area contributed by atoms with Crippen LogP contribution in [0.1, 0.15) is 31.9 Å². The molecule has 7 heteroatoms. The predicted molar refractivity (Wildman–Crippen MR) is 87.9 cm³/mol. The Morgan fingerprint density at radius 3 is 2.77 bits per heavy atom. The zero-order valence-electron chi connectivity index (χ0n) is 13.3. The number of hydrogen-bond donors (Lipinski definition) is 1. The number of thiazole rings is 1. The van der Waals surface area contributed by atoms with Crippen LogP contribution in [0.4, 0.5) is 5.13 Å². The van der Waals surface area contributed by atoms with Crippen molar-refractivity contribution in [2.75, 3.05) is 50.8 Å². The molecular weight excluding hydrogens is 302 g/mol. The Kier molecular flexibility index (Phi) is 6.60. The van der Waals surface area contributed by atoms with Crippen LogP contribution in [0.5, 0.6) is 0 Å². The van der Waals surface area contributed by atoms with E-state index >= 15 is 0 Å². The summed E-state index contributed by atoms with van der Waals surface area (Å²) in [7, 11) is 0. The first-order valence-corrected chi connectivity index (χ1v) is 8.66. The number of anilines is 1. The van der Waals surface area contributed by atoms with Crippen LogP contribution in [-0.4, -0.2) is 66.9 Å². The van der Waals surface area contributed by atoms with Crippen molar-refractivity contribution in [3.8, 4) is 0 Å². The molecule has 0 spiro atoms. The first-order chi connectivity index (χ1) is 10.6. The summed E-state index contributed by atoms with van der Waals surface area (Å²) >= 11 is 1.60. The van der Waals surface area contributed by atoms with Crippen molar-refractivity contribution >= 4 is 22.4 Å². The highest BCUT2D eigenvalue weighted by Gasteiger charge is 2.16. The molecule has 1 aliphatic heterocycles. The van der Waals surface area contributed by atoms with E-state index < -0.39 is 5.97 Å². The van der Waals surface area contributed by atoms with Crippen LogP contribution >= 0.6 is 11.3 Å². The number of ether oxygens (including phenoxy) is 1. The maximum atomic E-state index is 10.9. The molecule has 0 aromatic carbocycles. The van der Waals surface area contributed by atoms with Crippen LogP contribution < -0.4 is 4.90 Å². The molecule has 0 unspecified atom stereocenters. The van der Waals surface area contributed by atoms with Gasteiger partial charge in [-0.2, -0.15) is 0 Å². The molecule has 1 aromatic rings. The SMILES string of the molecule is CC(C)c1csc(N(CCC(=O)O)CCN2CCOCC2)n1.